The van der Waals surface area contributed by atoms with Crippen LogP contribution in [0.4, 0.5) is 13.2 Å². The van der Waals surface area contributed by atoms with Crippen molar-refractivity contribution in [1.82, 2.24) is 15.1 Å². The molecule has 1 atom stereocenters. The number of carbonyl (C=O) groups is 1. The molecule has 1 amide bonds. The molecule has 1 rings (SSSR count). The average molecular weight is 237 g/mol. The summed E-state index contributed by atoms with van der Waals surface area (Å²) in [6.07, 6.45) is -2.20. The standard InChI is InChI=1S/C8H10F3N3O2/c1-5(14-3-6(15)2-13-14)7(16)12-4-8(9,10)11/h2-3,5,15H,4H2,1H3,(H,12,16). The molecule has 0 aliphatic heterocycles. The van der Waals surface area contributed by atoms with Crippen molar-refractivity contribution in [2.24, 2.45) is 0 Å². The first-order chi connectivity index (χ1) is 7.29. The molecule has 0 spiro atoms. The molecule has 0 saturated carbocycles. The SMILES string of the molecule is CC(C(=O)NCC(F)(F)F)n1cc(O)cn1. The Morgan fingerprint density at radius 1 is 1.69 bits per heavy atom. The van der Waals surface area contributed by atoms with Gasteiger partial charge in [-0.2, -0.15) is 18.3 Å². The van der Waals surface area contributed by atoms with Gasteiger partial charge in [0.25, 0.3) is 0 Å². The molecular formula is C8H10F3N3O2. The maximum atomic E-state index is 11.8. The van der Waals surface area contributed by atoms with Crippen LogP contribution in [-0.2, 0) is 4.79 Å². The highest BCUT2D eigenvalue weighted by atomic mass is 19.4. The molecule has 5 nitrogen and oxygen atoms in total. The lowest BCUT2D eigenvalue weighted by Crippen LogP contribution is -2.37. The van der Waals surface area contributed by atoms with Crippen molar-refractivity contribution in [1.29, 1.82) is 0 Å². The van der Waals surface area contributed by atoms with Gasteiger partial charge >= 0.3 is 6.18 Å². The highest BCUT2D eigenvalue weighted by Crippen LogP contribution is 2.14. The Morgan fingerprint density at radius 2 is 2.31 bits per heavy atom. The van der Waals surface area contributed by atoms with Crippen molar-refractivity contribution in [3.05, 3.63) is 12.4 Å². The van der Waals surface area contributed by atoms with E-state index < -0.39 is 24.7 Å². The molecule has 0 aromatic carbocycles. The van der Waals surface area contributed by atoms with E-state index >= 15 is 0 Å². The summed E-state index contributed by atoms with van der Waals surface area (Å²) in [4.78, 5) is 11.2. The summed E-state index contributed by atoms with van der Waals surface area (Å²) in [5.41, 5.74) is 0. The van der Waals surface area contributed by atoms with E-state index in [1.807, 2.05) is 0 Å². The second-order valence-corrected chi connectivity index (χ2v) is 3.19. The van der Waals surface area contributed by atoms with Gasteiger partial charge in [-0.15, -0.1) is 0 Å². The number of aromatic hydroxyl groups is 1. The van der Waals surface area contributed by atoms with Gasteiger partial charge in [-0.05, 0) is 6.92 Å². The van der Waals surface area contributed by atoms with Crippen LogP contribution in [0.25, 0.3) is 0 Å². The fraction of sp³-hybridized carbons (Fsp3) is 0.500. The van der Waals surface area contributed by atoms with Crippen LogP contribution >= 0.6 is 0 Å². The first kappa shape index (κ1) is 12.3. The normalized spacial score (nSPS) is 13.5. The molecule has 1 aromatic heterocycles. The predicted octanol–water partition coefficient (Wildman–Crippen LogP) is 0.828. The van der Waals surface area contributed by atoms with Gasteiger partial charge in [0.05, 0.1) is 12.4 Å². The van der Waals surface area contributed by atoms with Crippen LogP contribution in [0.5, 0.6) is 5.75 Å². The minimum atomic E-state index is -4.44. The third-order valence-corrected chi connectivity index (χ3v) is 1.83. The Balaban J connectivity index is 2.55. The molecule has 1 aromatic rings. The third kappa shape index (κ3) is 3.44. The zero-order chi connectivity index (χ0) is 12.3. The number of nitrogens with one attached hydrogen (secondary N) is 1. The van der Waals surface area contributed by atoms with Crippen LogP contribution in [-0.4, -0.2) is 33.5 Å². The Kier molecular flexibility index (Phi) is 3.41. The van der Waals surface area contributed by atoms with E-state index in [4.69, 9.17) is 5.11 Å². The molecule has 1 unspecified atom stereocenters. The second-order valence-electron chi connectivity index (χ2n) is 3.19. The Labute approximate surface area is 88.9 Å². The van der Waals surface area contributed by atoms with Crippen LogP contribution in [0.3, 0.4) is 0 Å². The minimum Gasteiger partial charge on any atom is -0.505 e. The lowest BCUT2D eigenvalue weighted by atomic mass is 10.3. The fourth-order valence-corrected chi connectivity index (χ4v) is 0.995. The zero-order valence-electron chi connectivity index (χ0n) is 8.32. The van der Waals surface area contributed by atoms with E-state index in [0.717, 1.165) is 17.1 Å². The summed E-state index contributed by atoms with van der Waals surface area (Å²) in [6.45, 7) is -0.0123. The molecule has 1 heterocycles. The maximum Gasteiger partial charge on any atom is 0.405 e. The number of carbonyl (C=O) groups excluding carboxylic acids is 1. The lowest BCUT2D eigenvalue weighted by molar-refractivity contribution is -0.140. The van der Waals surface area contributed by atoms with Crippen molar-refractivity contribution in [3.63, 3.8) is 0 Å². The topological polar surface area (TPSA) is 67.2 Å². The molecule has 0 fully saturated rings. The highest BCUT2D eigenvalue weighted by Gasteiger charge is 2.29. The molecular weight excluding hydrogens is 227 g/mol. The van der Waals surface area contributed by atoms with Gasteiger partial charge in [-0.25, -0.2) is 0 Å². The summed E-state index contributed by atoms with van der Waals surface area (Å²) in [5, 5.41) is 14.3. The number of amides is 1. The van der Waals surface area contributed by atoms with E-state index in [2.05, 4.69) is 5.10 Å². The largest absolute Gasteiger partial charge is 0.505 e. The van der Waals surface area contributed by atoms with Crippen LogP contribution in [0.15, 0.2) is 12.4 Å². The van der Waals surface area contributed by atoms with Gasteiger partial charge in [0, 0.05) is 0 Å². The molecule has 16 heavy (non-hydrogen) atoms. The van der Waals surface area contributed by atoms with Crippen molar-refractivity contribution in [3.8, 4) is 5.75 Å². The first-order valence-corrected chi connectivity index (χ1v) is 4.37. The molecule has 0 saturated heterocycles. The van der Waals surface area contributed by atoms with Crippen LogP contribution in [0.2, 0.25) is 0 Å². The van der Waals surface area contributed by atoms with Crippen molar-refractivity contribution in [2.75, 3.05) is 6.54 Å². The molecule has 90 valence electrons. The van der Waals surface area contributed by atoms with Gasteiger partial charge in [0.1, 0.15) is 12.6 Å². The van der Waals surface area contributed by atoms with E-state index in [0.29, 0.717) is 0 Å². The second kappa shape index (κ2) is 4.42. The van der Waals surface area contributed by atoms with Crippen LogP contribution in [0.1, 0.15) is 13.0 Å². The summed E-state index contributed by atoms with van der Waals surface area (Å²) >= 11 is 0. The van der Waals surface area contributed by atoms with E-state index in [1.165, 1.54) is 6.92 Å². The van der Waals surface area contributed by atoms with E-state index in [9.17, 15) is 18.0 Å². The molecule has 2 N–H and O–H groups in total. The maximum absolute atomic E-state index is 11.8. The predicted molar refractivity (Wildman–Crippen MR) is 47.7 cm³/mol. The smallest absolute Gasteiger partial charge is 0.405 e. The summed E-state index contributed by atoms with van der Waals surface area (Å²) < 4.78 is 36.5. The monoisotopic (exact) mass is 237 g/mol. The number of aromatic nitrogens is 2. The van der Waals surface area contributed by atoms with Gasteiger partial charge in [0.2, 0.25) is 5.91 Å². The van der Waals surface area contributed by atoms with Gasteiger partial charge < -0.3 is 10.4 Å². The summed E-state index contributed by atoms with van der Waals surface area (Å²) in [7, 11) is 0. The Hall–Kier alpha value is -1.73. The lowest BCUT2D eigenvalue weighted by Gasteiger charge is -2.13. The fourth-order valence-electron chi connectivity index (χ4n) is 0.995. The van der Waals surface area contributed by atoms with Crippen molar-refractivity contribution >= 4 is 5.91 Å². The van der Waals surface area contributed by atoms with E-state index in [1.54, 1.807) is 5.32 Å². The number of halogens is 3. The van der Waals surface area contributed by atoms with Gasteiger partial charge in [0.15, 0.2) is 5.75 Å². The molecule has 0 radical (unpaired) electrons. The van der Waals surface area contributed by atoms with Crippen LogP contribution in [0, 0.1) is 0 Å². The average Bonchev–Trinajstić information content (AvgIpc) is 2.59. The number of hydrogen-bond acceptors (Lipinski definition) is 3. The number of nitrogens with zero attached hydrogens (tertiary/aromatic N) is 2. The number of hydrogen-bond donors (Lipinski definition) is 2. The summed E-state index contributed by atoms with van der Waals surface area (Å²) in [5.74, 6) is -0.976. The molecule has 8 heteroatoms. The van der Waals surface area contributed by atoms with Crippen molar-refractivity contribution < 1.29 is 23.1 Å². The summed E-state index contributed by atoms with van der Waals surface area (Å²) in [6, 6.07) is -0.914. The van der Waals surface area contributed by atoms with E-state index in [-0.39, 0.29) is 5.75 Å². The number of rotatable bonds is 3. The quantitative estimate of drug-likeness (QED) is 0.818. The minimum absolute atomic E-state index is 0.157. The van der Waals surface area contributed by atoms with Gasteiger partial charge in [-0.1, -0.05) is 0 Å². The highest BCUT2D eigenvalue weighted by molar-refractivity contribution is 5.79. The van der Waals surface area contributed by atoms with Gasteiger partial charge in [-0.3, -0.25) is 9.48 Å². The van der Waals surface area contributed by atoms with Crippen LogP contribution < -0.4 is 5.32 Å². The molecule has 0 bridgehead atoms. The molecule has 0 aliphatic carbocycles. The third-order valence-electron chi connectivity index (χ3n) is 1.83. The molecule has 0 aliphatic rings. The zero-order valence-corrected chi connectivity index (χ0v) is 8.32. The Bertz CT molecular complexity index is 375. The van der Waals surface area contributed by atoms with Crippen molar-refractivity contribution in [2.45, 2.75) is 19.1 Å². The first-order valence-electron chi connectivity index (χ1n) is 4.37. The Morgan fingerprint density at radius 3 is 2.75 bits per heavy atom. The number of alkyl halides is 3.